The lowest BCUT2D eigenvalue weighted by atomic mass is 10.0. The van der Waals surface area contributed by atoms with Gasteiger partial charge in [-0.05, 0) is 17.5 Å². The Morgan fingerprint density at radius 1 is 1.29 bits per heavy atom. The van der Waals surface area contributed by atoms with Gasteiger partial charge in [0.1, 0.15) is 0 Å². The fraction of sp³-hybridized carbons (Fsp3) is 0.533. The number of carbonyl (C=O) groups is 1. The molecule has 0 saturated carbocycles. The normalized spacial score (nSPS) is 21.1. The third-order valence-corrected chi connectivity index (χ3v) is 3.34. The van der Waals surface area contributed by atoms with E-state index in [1.54, 1.807) is 12.1 Å². The summed E-state index contributed by atoms with van der Waals surface area (Å²) in [7, 11) is 0. The number of fused-ring (bicyclic) bond motifs is 1. The highest BCUT2D eigenvalue weighted by molar-refractivity contribution is 5.70. The highest BCUT2D eigenvalue weighted by atomic mass is 19.4. The molecular formula is C15H17F3O3. The number of benzene rings is 1. The van der Waals surface area contributed by atoms with Crippen molar-refractivity contribution in [3.05, 3.63) is 35.4 Å². The molecule has 1 aliphatic heterocycles. The maximum atomic E-state index is 13.0. The summed E-state index contributed by atoms with van der Waals surface area (Å²) >= 11 is 0. The van der Waals surface area contributed by atoms with E-state index in [1.807, 2.05) is 6.92 Å². The molecule has 0 bridgehead atoms. The summed E-state index contributed by atoms with van der Waals surface area (Å²) in [5.74, 6) is -0.536. The van der Waals surface area contributed by atoms with Crippen molar-refractivity contribution in [2.24, 2.45) is 0 Å². The zero-order chi connectivity index (χ0) is 15.5. The Bertz CT molecular complexity index is 499. The summed E-state index contributed by atoms with van der Waals surface area (Å²) in [6.45, 7) is 2.24. The largest absolute Gasteiger partial charge is 0.466 e. The topological polar surface area (TPSA) is 35.5 Å². The van der Waals surface area contributed by atoms with Gasteiger partial charge in [-0.1, -0.05) is 37.6 Å². The van der Waals surface area contributed by atoms with Crippen LogP contribution in [0.3, 0.4) is 0 Å². The van der Waals surface area contributed by atoms with Crippen LogP contribution in [0.15, 0.2) is 24.3 Å². The molecule has 21 heavy (non-hydrogen) atoms. The molecule has 1 heterocycles. The standard InChI is InChI=1S/C15H17F3O3/c1-2-3-8-20-13(19)9-12-10-6-4-5-7-11(10)14(21-12)15(16,17)18/h4-7,12,14H,2-3,8-9H2,1H3/t12-,14+/m1/s1. The van der Waals surface area contributed by atoms with E-state index in [0.29, 0.717) is 5.56 Å². The fourth-order valence-corrected chi connectivity index (χ4v) is 2.31. The van der Waals surface area contributed by atoms with Crippen molar-refractivity contribution in [3.8, 4) is 0 Å². The number of hydrogen-bond acceptors (Lipinski definition) is 3. The molecule has 0 amide bonds. The van der Waals surface area contributed by atoms with Crippen molar-refractivity contribution in [2.45, 2.75) is 44.6 Å². The molecule has 2 atom stereocenters. The molecule has 0 unspecified atom stereocenters. The average Bonchev–Trinajstić information content (AvgIpc) is 2.78. The second-order valence-corrected chi connectivity index (χ2v) is 4.95. The summed E-state index contributed by atoms with van der Waals surface area (Å²) < 4.78 is 48.9. The summed E-state index contributed by atoms with van der Waals surface area (Å²) in [4.78, 5) is 11.7. The third-order valence-electron chi connectivity index (χ3n) is 3.34. The van der Waals surface area contributed by atoms with Crippen LogP contribution in [-0.2, 0) is 14.3 Å². The van der Waals surface area contributed by atoms with E-state index < -0.39 is 24.4 Å². The molecule has 6 heteroatoms. The summed E-state index contributed by atoms with van der Waals surface area (Å²) in [5.41, 5.74) is 0.489. The van der Waals surface area contributed by atoms with Gasteiger partial charge in [-0.3, -0.25) is 4.79 Å². The first-order chi connectivity index (χ1) is 9.93. The quantitative estimate of drug-likeness (QED) is 0.607. The Kier molecular flexibility index (Phi) is 4.88. The van der Waals surface area contributed by atoms with E-state index >= 15 is 0 Å². The van der Waals surface area contributed by atoms with Gasteiger partial charge in [-0.2, -0.15) is 13.2 Å². The van der Waals surface area contributed by atoms with Gasteiger partial charge in [0, 0.05) is 0 Å². The average molecular weight is 302 g/mol. The van der Waals surface area contributed by atoms with Crippen molar-refractivity contribution in [1.82, 2.24) is 0 Å². The lowest BCUT2D eigenvalue weighted by Gasteiger charge is -2.16. The molecule has 0 N–H and O–H groups in total. The molecule has 1 aromatic rings. The van der Waals surface area contributed by atoms with Crippen LogP contribution < -0.4 is 0 Å². The van der Waals surface area contributed by atoms with Gasteiger partial charge < -0.3 is 9.47 Å². The van der Waals surface area contributed by atoms with Crippen molar-refractivity contribution >= 4 is 5.97 Å². The fourth-order valence-electron chi connectivity index (χ4n) is 2.31. The van der Waals surface area contributed by atoms with Crippen molar-refractivity contribution in [1.29, 1.82) is 0 Å². The lowest BCUT2D eigenvalue weighted by Crippen LogP contribution is -2.20. The Morgan fingerprint density at radius 2 is 1.95 bits per heavy atom. The molecule has 0 spiro atoms. The van der Waals surface area contributed by atoms with Crippen LogP contribution >= 0.6 is 0 Å². The first kappa shape index (κ1) is 15.8. The van der Waals surface area contributed by atoms with Gasteiger partial charge in [0.05, 0.1) is 19.1 Å². The van der Waals surface area contributed by atoms with Crippen LogP contribution in [0.4, 0.5) is 13.2 Å². The van der Waals surface area contributed by atoms with Crippen LogP contribution in [0.2, 0.25) is 0 Å². The first-order valence-electron chi connectivity index (χ1n) is 6.90. The van der Waals surface area contributed by atoms with Gasteiger partial charge in [0.25, 0.3) is 0 Å². The minimum Gasteiger partial charge on any atom is -0.466 e. The van der Waals surface area contributed by atoms with Gasteiger partial charge in [0.15, 0.2) is 6.10 Å². The highest BCUT2D eigenvalue weighted by Crippen LogP contribution is 2.48. The number of unbranched alkanes of at least 4 members (excludes halogenated alkanes) is 1. The molecule has 1 aromatic carbocycles. The minimum absolute atomic E-state index is 0.0800. The lowest BCUT2D eigenvalue weighted by molar-refractivity contribution is -0.229. The van der Waals surface area contributed by atoms with Crippen LogP contribution in [0.5, 0.6) is 0 Å². The smallest absolute Gasteiger partial charge is 0.418 e. The predicted octanol–water partition coefficient (Wildman–Crippen LogP) is 4.09. The van der Waals surface area contributed by atoms with Crippen LogP contribution in [0, 0.1) is 0 Å². The van der Waals surface area contributed by atoms with Crippen molar-refractivity contribution < 1.29 is 27.4 Å². The number of halogens is 3. The van der Waals surface area contributed by atoms with E-state index in [0.717, 1.165) is 12.8 Å². The molecule has 0 aromatic heterocycles. The number of ether oxygens (including phenoxy) is 2. The van der Waals surface area contributed by atoms with E-state index in [4.69, 9.17) is 9.47 Å². The van der Waals surface area contributed by atoms with Gasteiger partial charge >= 0.3 is 12.1 Å². The van der Waals surface area contributed by atoms with Crippen LogP contribution in [0.1, 0.15) is 49.5 Å². The van der Waals surface area contributed by atoms with Gasteiger partial charge in [0.2, 0.25) is 0 Å². The minimum atomic E-state index is -4.49. The molecule has 0 aliphatic carbocycles. The summed E-state index contributed by atoms with van der Waals surface area (Å²) in [6, 6.07) is 6.11. The second kappa shape index (κ2) is 6.47. The zero-order valence-electron chi connectivity index (χ0n) is 11.7. The van der Waals surface area contributed by atoms with E-state index in [-0.39, 0.29) is 18.6 Å². The van der Waals surface area contributed by atoms with Gasteiger partial charge in [-0.15, -0.1) is 0 Å². The molecule has 1 aliphatic rings. The van der Waals surface area contributed by atoms with Gasteiger partial charge in [-0.25, -0.2) is 0 Å². The number of hydrogen-bond donors (Lipinski definition) is 0. The summed E-state index contributed by atoms with van der Waals surface area (Å²) in [5, 5.41) is 0. The molecule has 0 saturated heterocycles. The van der Waals surface area contributed by atoms with E-state index in [9.17, 15) is 18.0 Å². The monoisotopic (exact) mass is 302 g/mol. The van der Waals surface area contributed by atoms with E-state index in [1.165, 1.54) is 12.1 Å². The first-order valence-corrected chi connectivity index (χ1v) is 6.90. The third kappa shape index (κ3) is 3.75. The molecular weight excluding hydrogens is 285 g/mol. The van der Waals surface area contributed by atoms with Crippen molar-refractivity contribution in [2.75, 3.05) is 6.61 Å². The molecule has 2 rings (SSSR count). The van der Waals surface area contributed by atoms with Crippen molar-refractivity contribution in [3.63, 3.8) is 0 Å². The summed E-state index contributed by atoms with van der Waals surface area (Å²) in [6.07, 6.45) is -5.95. The molecule has 0 fully saturated rings. The number of carbonyl (C=O) groups excluding carboxylic acids is 1. The van der Waals surface area contributed by atoms with Crippen LogP contribution in [0.25, 0.3) is 0 Å². The molecule has 3 nitrogen and oxygen atoms in total. The van der Waals surface area contributed by atoms with E-state index in [2.05, 4.69) is 0 Å². The highest BCUT2D eigenvalue weighted by Gasteiger charge is 2.49. The second-order valence-electron chi connectivity index (χ2n) is 4.95. The Balaban J connectivity index is 2.07. The Hall–Kier alpha value is -1.56. The number of esters is 1. The number of rotatable bonds is 5. The van der Waals surface area contributed by atoms with Crippen LogP contribution in [-0.4, -0.2) is 18.8 Å². The zero-order valence-corrected chi connectivity index (χ0v) is 11.7. The SMILES string of the molecule is CCCCOC(=O)C[C@H]1O[C@H](C(F)(F)F)c2ccccc21. The Labute approximate surface area is 121 Å². The number of alkyl halides is 3. The predicted molar refractivity (Wildman–Crippen MR) is 69.5 cm³/mol. The Morgan fingerprint density at radius 3 is 2.57 bits per heavy atom. The maximum absolute atomic E-state index is 13.0. The maximum Gasteiger partial charge on any atom is 0.418 e. The molecule has 0 radical (unpaired) electrons. The molecule has 116 valence electrons.